The molecular weight excluding hydrogens is 152 g/mol. The van der Waals surface area contributed by atoms with Gasteiger partial charge in [0, 0.05) is 14.1 Å². The molecular formula is C8H14N4. The van der Waals surface area contributed by atoms with Gasteiger partial charge in [-0.15, -0.1) is 0 Å². The summed E-state index contributed by atoms with van der Waals surface area (Å²) in [6.45, 7) is 0. The Morgan fingerprint density at radius 1 is 0.917 bits per heavy atom. The summed E-state index contributed by atoms with van der Waals surface area (Å²) in [6, 6.07) is 3.61. The Bertz CT molecular complexity index is 257. The van der Waals surface area contributed by atoms with Crippen molar-refractivity contribution in [2.75, 3.05) is 36.2 Å². The van der Waals surface area contributed by atoms with Gasteiger partial charge in [-0.3, -0.25) is 0 Å². The van der Waals surface area contributed by atoms with E-state index in [9.17, 15) is 0 Å². The van der Waals surface area contributed by atoms with E-state index in [0.717, 1.165) is 11.4 Å². The first kappa shape index (κ1) is 8.52. The van der Waals surface area contributed by atoms with Gasteiger partial charge in [-0.25, -0.2) is 0 Å². The van der Waals surface area contributed by atoms with Crippen molar-refractivity contribution in [3.8, 4) is 0 Å². The lowest BCUT2D eigenvalue weighted by Gasteiger charge is -2.10. The Kier molecular flexibility index (Phi) is 2.28. The van der Waals surface area contributed by atoms with Crippen molar-refractivity contribution in [3.05, 3.63) is 12.1 Å². The minimum absolute atomic E-state index is 0.661. The van der Waals surface area contributed by atoms with E-state index in [2.05, 4.69) is 10.6 Å². The summed E-state index contributed by atoms with van der Waals surface area (Å²) in [4.78, 5) is 0. The molecule has 0 aliphatic rings. The molecule has 0 heterocycles. The lowest BCUT2D eigenvalue weighted by Crippen LogP contribution is -2.01. The zero-order chi connectivity index (χ0) is 9.14. The molecule has 0 atom stereocenters. The van der Waals surface area contributed by atoms with Crippen LogP contribution in [-0.4, -0.2) is 14.1 Å². The van der Waals surface area contributed by atoms with Crippen LogP contribution in [0.15, 0.2) is 12.1 Å². The minimum Gasteiger partial charge on any atom is -0.397 e. The first-order chi connectivity index (χ1) is 5.69. The van der Waals surface area contributed by atoms with E-state index >= 15 is 0 Å². The summed E-state index contributed by atoms with van der Waals surface area (Å²) in [5.74, 6) is 0. The van der Waals surface area contributed by atoms with Crippen LogP contribution in [0.2, 0.25) is 0 Å². The summed E-state index contributed by atoms with van der Waals surface area (Å²) >= 11 is 0. The fourth-order valence-electron chi connectivity index (χ4n) is 1.07. The lowest BCUT2D eigenvalue weighted by molar-refractivity contribution is 1.47. The van der Waals surface area contributed by atoms with Gasteiger partial charge in [0.2, 0.25) is 0 Å². The normalized spacial score (nSPS) is 9.50. The van der Waals surface area contributed by atoms with Gasteiger partial charge in [-0.1, -0.05) is 0 Å². The SMILES string of the molecule is CNc1cc(NC)c(N)cc1N. The molecule has 0 aliphatic heterocycles. The quantitative estimate of drug-likeness (QED) is 0.493. The van der Waals surface area contributed by atoms with Gasteiger partial charge in [0.1, 0.15) is 0 Å². The maximum atomic E-state index is 5.69. The third-order valence-corrected chi connectivity index (χ3v) is 1.76. The smallest absolute Gasteiger partial charge is 0.0593 e. The molecule has 66 valence electrons. The van der Waals surface area contributed by atoms with E-state index in [1.54, 1.807) is 6.07 Å². The molecule has 6 N–H and O–H groups in total. The predicted molar refractivity (Wildman–Crippen MR) is 54.4 cm³/mol. The average molecular weight is 166 g/mol. The van der Waals surface area contributed by atoms with Crippen LogP contribution in [0.25, 0.3) is 0 Å². The first-order valence-electron chi connectivity index (χ1n) is 3.73. The first-order valence-corrected chi connectivity index (χ1v) is 3.73. The summed E-state index contributed by atoms with van der Waals surface area (Å²) in [7, 11) is 3.64. The van der Waals surface area contributed by atoms with Gasteiger partial charge in [0.25, 0.3) is 0 Å². The summed E-state index contributed by atoms with van der Waals surface area (Å²) in [6.07, 6.45) is 0. The Morgan fingerprint density at radius 3 is 1.67 bits per heavy atom. The van der Waals surface area contributed by atoms with Gasteiger partial charge < -0.3 is 22.1 Å². The highest BCUT2D eigenvalue weighted by molar-refractivity contribution is 5.81. The largest absolute Gasteiger partial charge is 0.397 e. The Morgan fingerprint density at radius 2 is 1.33 bits per heavy atom. The molecule has 0 saturated carbocycles. The number of nitrogens with two attached hydrogens (primary N) is 2. The standard InChI is InChI=1S/C8H14N4/c1-11-7-4-8(12-2)6(10)3-5(7)9/h3-4,11-12H,9-10H2,1-2H3. The fraction of sp³-hybridized carbons (Fsp3) is 0.250. The number of nitrogen functional groups attached to an aromatic ring is 2. The van der Waals surface area contributed by atoms with Gasteiger partial charge in [-0.2, -0.15) is 0 Å². The van der Waals surface area contributed by atoms with Gasteiger partial charge >= 0.3 is 0 Å². The van der Waals surface area contributed by atoms with Crippen molar-refractivity contribution in [3.63, 3.8) is 0 Å². The van der Waals surface area contributed by atoms with Crippen LogP contribution in [-0.2, 0) is 0 Å². The van der Waals surface area contributed by atoms with Crippen LogP contribution < -0.4 is 22.1 Å². The maximum absolute atomic E-state index is 5.69. The number of benzene rings is 1. The summed E-state index contributed by atoms with van der Waals surface area (Å²) in [5, 5.41) is 5.95. The van der Waals surface area contributed by atoms with Crippen LogP contribution in [0.5, 0.6) is 0 Å². The Balaban J connectivity index is 3.18. The van der Waals surface area contributed by atoms with E-state index in [-0.39, 0.29) is 0 Å². The van der Waals surface area contributed by atoms with Crippen molar-refractivity contribution >= 4 is 22.7 Å². The van der Waals surface area contributed by atoms with Crippen molar-refractivity contribution in [1.82, 2.24) is 0 Å². The third kappa shape index (κ3) is 1.37. The van der Waals surface area contributed by atoms with Crippen molar-refractivity contribution in [2.45, 2.75) is 0 Å². The molecule has 0 radical (unpaired) electrons. The number of hydrogen-bond donors (Lipinski definition) is 4. The molecule has 1 aromatic carbocycles. The van der Waals surface area contributed by atoms with E-state index in [1.807, 2.05) is 20.2 Å². The molecule has 0 aliphatic carbocycles. The highest BCUT2D eigenvalue weighted by atomic mass is 14.9. The number of hydrogen-bond acceptors (Lipinski definition) is 4. The van der Waals surface area contributed by atoms with Crippen LogP contribution in [0.4, 0.5) is 22.7 Å². The van der Waals surface area contributed by atoms with Crippen LogP contribution >= 0.6 is 0 Å². The van der Waals surface area contributed by atoms with E-state index < -0.39 is 0 Å². The Labute approximate surface area is 71.9 Å². The number of anilines is 4. The molecule has 1 aromatic rings. The Hall–Kier alpha value is -1.58. The predicted octanol–water partition coefficient (Wildman–Crippen LogP) is 0.934. The average Bonchev–Trinajstić information content (AvgIpc) is 2.05. The summed E-state index contributed by atoms with van der Waals surface area (Å²) < 4.78 is 0. The van der Waals surface area contributed by atoms with Gasteiger partial charge in [0.15, 0.2) is 0 Å². The topological polar surface area (TPSA) is 76.1 Å². The molecule has 0 fully saturated rings. The second kappa shape index (κ2) is 3.21. The van der Waals surface area contributed by atoms with Crippen LogP contribution in [0, 0.1) is 0 Å². The fourth-order valence-corrected chi connectivity index (χ4v) is 1.07. The van der Waals surface area contributed by atoms with Crippen LogP contribution in [0.3, 0.4) is 0 Å². The van der Waals surface area contributed by atoms with Gasteiger partial charge in [0.05, 0.1) is 22.7 Å². The molecule has 0 unspecified atom stereocenters. The van der Waals surface area contributed by atoms with Gasteiger partial charge in [-0.05, 0) is 12.1 Å². The van der Waals surface area contributed by atoms with Crippen molar-refractivity contribution in [1.29, 1.82) is 0 Å². The molecule has 0 spiro atoms. The molecule has 4 heteroatoms. The second-order valence-electron chi connectivity index (χ2n) is 2.53. The molecule has 4 nitrogen and oxygen atoms in total. The molecule has 1 rings (SSSR count). The molecule has 0 amide bonds. The molecule has 0 saturated heterocycles. The number of nitrogens with one attached hydrogen (secondary N) is 2. The molecule has 0 aromatic heterocycles. The zero-order valence-corrected chi connectivity index (χ0v) is 7.31. The van der Waals surface area contributed by atoms with E-state index in [0.29, 0.717) is 11.4 Å². The second-order valence-corrected chi connectivity index (χ2v) is 2.53. The minimum atomic E-state index is 0.661. The molecule has 0 bridgehead atoms. The summed E-state index contributed by atoms with van der Waals surface area (Å²) in [5.41, 5.74) is 14.5. The van der Waals surface area contributed by atoms with E-state index in [1.165, 1.54) is 0 Å². The van der Waals surface area contributed by atoms with Crippen LogP contribution in [0.1, 0.15) is 0 Å². The zero-order valence-electron chi connectivity index (χ0n) is 7.31. The lowest BCUT2D eigenvalue weighted by atomic mass is 10.2. The van der Waals surface area contributed by atoms with E-state index in [4.69, 9.17) is 11.5 Å². The molecule has 12 heavy (non-hydrogen) atoms. The monoisotopic (exact) mass is 166 g/mol. The number of rotatable bonds is 2. The third-order valence-electron chi connectivity index (χ3n) is 1.76. The van der Waals surface area contributed by atoms with Crippen molar-refractivity contribution < 1.29 is 0 Å². The maximum Gasteiger partial charge on any atom is 0.0593 e. The highest BCUT2D eigenvalue weighted by Crippen LogP contribution is 2.28. The highest BCUT2D eigenvalue weighted by Gasteiger charge is 2.02. The van der Waals surface area contributed by atoms with Crippen molar-refractivity contribution in [2.24, 2.45) is 0 Å².